The van der Waals surface area contributed by atoms with Crippen LogP contribution in [0, 0.1) is 11.3 Å². The normalized spacial score (nSPS) is 12.0. The first-order chi connectivity index (χ1) is 6.84. The highest BCUT2D eigenvalue weighted by Gasteiger charge is 2.01. The van der Waals surface area contributed by atoms with Crippen LogP contribution in [0.25, 0.3) is 0 Å². The second kappa shape index (κ2) is 6.17. The maximum Gasteiger partial charge on any atom is 0.0622 e. The molecule has 0 aromatic heterocycles. The van der Waals surface area contributed by atoms with E-state index in [1.807, 2.05) is 18.2 Å². The molecule has 0 radical (unpaired) electrons. The SMILES string of the molecule is C[C@@H](NCCCC#N)c1ccccc1. The van der Waals surface area contributed by atoms with Crippen LogP contribution in [0.1, 0.15) is 31.4 Å². The van der Waals surface area contributed by atoms with Gasteiger partial charge in [0, 0.05) is 12.5 Å². The third-order valence-corrected chi connectivity index (χ3v) is 2.22. The van der Waals surface area contributed by atoms with Crippen LogP contribution in [0.4, 0.5) is 0 Å². The molecule has 0 amide bonds. The largest absolute Gasteiger partial charge is 0.310 e. The lowest BCUT2D eigenvalue weighted by Crippen LogP contribution is -2.19. The van der Waals surface area contributed by atoms with E-state index in [2.05, 4.69) is 30.4 Å². The molecule has 0 aliphatic rings. The molecule has 1 N–H and O–H groups in total. The molecule has 0 heterocycles. The van der Waals surface area contributed by atoms with Gasteiger partial charge in [0.15, 0.2) is 0 Å². The van der Waals surface area contributed by atoms with E-state index in [1.165, 1.54) is 5.56 Å². The van der Waals surface area contributed by atoms with Crippen LogP contribution in [-0.4, -0.2) is 6.54 Å². The summed E-state index contributed by atoms with van der Waals surface area (Å²) in [5.41, 5.74) is 1.30. The van der Waals surface area contributed by atoms with E-state index in [0.717, 1.165) is 13.0 Å². The molecule has 2 heteroatoms. The lowest BCUT2D eigenvalue weighted by atomic mass is 10.1. The number of hydrogen-bond donors (Lipinski definition) is 1. The molecule has 0 fully saturated rings. The minimum atomic E-state index is 0.370. The Bertz CT molecular complexity index is 287. The Hall–Kier alpha value is -1.33. The van der Waals surface area contributed by atoms with Crippen molar-refractivity contribution >= 4 is 0 Å². The Labute approximate surface area is 85.6 Å². The standard InChI is InChI=1S/C12H16N2/c1-11(14-10-6-5-9-13)12-7-3-2-4-8-12/h2-4,7-8,11,14H,5-6,10H2,1H3/t11-/m1/s1. The zero-order valence-electron chi connectivity index (χ0n) is 8.53. The minimum absolute atomic E-state index is 0.370. The zero-order chi connectivity index (χ0) is 10.2. The second-order valence-corrected chi connectivity index (χ2v) is 3.35. The molecule has 2 nitrogen and oxygen atoms in total. The number of nitriles is 1. The molecule has 0 bridgehead atoms. The molecular formula is C12H16N2. The van der Waals surface area contributed by atoms with Gasteiger partial charge >= 0.3 is 0 Å². The van der Waals surface area contributed by atoms with E-state index in [0.29, 0.717) is 12.5 Å². The van der Waals surface area contributed by atoms with E-state index in [9.17, 15) is 0 Å². The minimum Gasteiger partial charge on any atom is -0.310 e. The summed E-state index contributed by atoms with van der Waals surface area (Å²) in [6, 6.07) is 12.8. The van der Waals surface area contributed by atoms with Gasteiger partial charge in [0.05, 0.1) is 6.07 Å². The molecule has 1 atom stereocenters. The summed E-state index contributed by atoms with van der Waals surface area (Å²) in [4.78, 5) is 0. The van der Waals surface area contributed by atoms with Crippen LogP contribution in [0.5, 0.6) is 0 Å². The number of nitrogens with zero attached hydrogens (tertiary/aromatic N) is 1. The molecule has 1 aromatic rings. The Morgan fingerprint density at radius 3 is 2.71 bits per heavy atom. The third kappa shape index (κ3) is 3.59. The lowest BCUT2D eigenvalue weighted by Gasteiger charge is -2.13. The van der Waals surface area contributed by atoms with Gasteiger partial charge in [0.1, 0.15) is 0 Å². The molecule has 0 saturated heterocycles. The van der Waals surface area contributed by atoms with Crippen molar-refractivity contribution in [3.8, 4) is 6.07 Å². The Morgan fingerprint density at radius 1 is 1.36 bits per heavy atom. The molecule has 0 spiro atoms. The van der Waals surface area contributed by atoms with Gasteiger partial charge < -0.3 is 5.32 Å². The third-order valence-electron chi connectivity index (χ3n) is 2.22. The summed E-state index contributed by atoms with van der Waals surface area (Å²) in [6.45, 7) is 3.05. The predicted octanol–water partition coefficient (Wildman–Crippen LogP) is 2.64. The van der Waals surface area contributed by atoms with E-state index in [-0.39, 0.29) is 0 Å². The maximum atomic E-state index is 8.37. The second-order valence-electron chi connectivity index (χ2n) is 3.35. The Balaban J connectivity index is 2.29. The summed E-state index contributed by atoms with van der Waals surface area (Å²) in [7, 11) is 0. The summed E-state index contributed by atoms with van der Waals surface area (Å²) < 4.78 is 0. The fourth-order valence-electron chi connectivity index (χ4n) is 1.35. The number of rotatable bonds is 5. The quantitative estimate of drug-likeness (QED) is 0.721. The summed E-state index contributed by atoms with van der Waals surface area (Å²) >= 11 is 0. The van der Waals surface area contributed by atoms with E-state index >= 15 is 0 Å². The van der Waals surface area contributed by atoms with Gasteiger partial charge in [-0.2, -0.15) is 5.26 Å². The van der Waals surface area contributed by atoms with Crippen LogP contribution in [0.3, 0.4) is 0 Å². The van der Waals surface area contributed by atoms with Crippen molar-refractivity contribution in [2.24, 2.45) is 0 Å². The summed E-state index contributed by atoms with van der Waals surface area (Å²) in [5, 5.41) is 11.8. The molecule has 74 valence electrons. The van der Waals surface area contributed by atoms with Crippen molar-refractivity contribution in [1.29, 1.82) is 5.26 Å². The molecule has 0 saturated carbocycles. The molecule has 1 rings (SSSR count). The van der Waals surface area contributed by atoms with Crippen molar-refractivity contribution in [3.63, 3.8) is 0 Å². The monoisotopic (exact) mass is 188 g/mol. The highest BCUT2D eigenvalue weighted by molar-refractivity contribution is 5.17. The van der Waals surface area contributed by atoms with Crippen molar-refractivity contribution in [3.05, 3.63) is 35.9 Å². The summed E-state index contributed by atoms with van der Waals surface area (Å²) in [5.74, 6) is 0. The average molecular weight is 188 g/mol. The number of hydrogen-bond acceptors (Lipinski definition) is 2. The number of nitrogens with one attached hydrogen (secondary N) is 1. The summed E-state index contributed by atoms with van der Waals surface area (Å²) in [6.07, 6.45) is 1.56. The number of unbranched alkanes of at least 4 members (excludes halogenated alkanes) is 1. The lowest BCUT2D eigenvalue weighted by molar-refractivity contribution is 0.562. The first-order valence-corrected chi connectivity index (χ1v) is 5.00. The van der Waals surface area contributed by atoms with E-state index in [1.54, 1.807) is 0 Å². The van der Waals surface area contributed by atoms with E-state index in [4.69, 9.17) is 5.26 Å². The Kier molecular flexibility index (Phi) is 4.74. The molecule has 14 heavy (non-hydrogen) atoms. The first-order valence-electron chi connectivity index (χ1n) is 5.00. The van der Waals surface area contributed by atoms with Crippen molar-refractivity contribution in [2.45, 2.75) is 25.8 Å². The van der Waals surface area contributed by atoms with Gasteiger partial charge in [-0.1, -0.05) is 30.3 Å². The average Bonchev–Trinajstić information content (AvgIpc) is 2.25. The topological polar surface area (TPSA) is 35.8 Å². The van der Waals surface area contributed by atoms with Gasteiger partial charge in [-0.15, -0.1) is 0 Å². The van der Waals surface area contributed by atoms with E-state index < -0.39 is 0 Å². The van der Waals surface area contributed by atoms with Gasteiger partial charge in [0.2, 0.25) is 0 Å². The molecule has 0 aliphatic carbocycles. The molecule has 1 aromatic carbocycles. The van der Waals surface area contributed by atoms with Gasteiger partial charge in [-0.25, -0.2) is 0 Å². The van der Waals surface area contributed by atoms with Crippen LogP contribution in [-0.2, 0) is 0 Å². The van der Waals surface area contributed by atoms with Crippen LogP contribution in [0.2, 0.25) is 0 Å². The van der Waals surface area contributed by atoms with Crippen molar-refractivity contribution in [1.82, 2.24) is 5.32 Å². The zero-order valence-corrected chi connectivity index (χ0v) is 8.53. The fourth-order valence-corrected chi connectivity index (χ4v) is 1.35. The smallest absolute Gasteiger partial charge is 0.0622 e. The first kappa shape index (κ1) is 10.7. The molecule has 0 aliphatic heterocycles. The Morgan fingerprint density at radius 2 is 2.07 bits per heavy atom. The predicted molar refractivity (Wildman–Crippen MR) is 57.7 cm³/mol. The van der Waals surface area contributed by atoms with Crippen molar-refractivity contribution < 1.29 is 0 Å². The van der Waals surface area contributed by atoms with Gasteiger partial charge in [0.25, 0.3) is 0 Å². The fraction of sp³-hybridized carbons (Fsp3) is 0.417. The van der Waals surface area contributed by atoms with Crippen molar-refractivity contribution in [2.75, 3.05) is 6.54 Å². The van der Waals surface area contributed by atoms with Crippen LogP contribution < -0.4 is 5.32 Å². The number of benzene rings is 1. The highest BCUT2D eigenvalue weighted by Crippen LogP contribution is 2.10. The highest BCUT2D eigenvalue weighted by atomic mass is 14.9. The molecule has 0 unspecified atom stereocenters. The van der Waals surface area contributed by atoms with Crippen LogP contribution >= 0.6 is 0 Å². The van der Waals surface area contributed by atoms with Gasteiger partial charge in [-0.3, -0.25) is 0 Å². The van der Waals surface area contributed by atoms with Gasteiger partial charge in [-0.05, 0) is 25.5 Å². The van der Waals surface area contributed by atoms with Crippen LogP contribution in [0.15, 0.2) is 30.3 Å². The molecular weight excluding hydrogens is 172 g/mol. The maximum absolute atomic E-state index is 8.37.